The van der Waals surface area contributed by atoms with Crippen molar-refractivity contribution in [2.75, 3.05) is 6.54 Å². The third-order valence-electron chi connectivity index (χ3n) is 4.14. The van der Waals surface area contributed by atoms with Crippen LogP contribution in [0.15, 0.2) is 17.5 Å². The van der Waals surface area contributed by atoms with E-state index in [1.807, 2.05) is 17.5 Å². The van der Waals surface area contributed by atoms with Gasteiger partial charge in [-0.15, -0.1) is 11.3 Å². The molecule has 0 aromatic carbocycles. The Hall–Kier alpha value is -1.36. The van der Waals surface area contributed by atoms with E-state index in [0.29, 0.717) is 25.3 Å². The predicted molar refractivity (Wildman–Crippen MR) is 78.7 cm³/mol. The van der Waals surface area contributed by atoms with Crippen LogP contribution in [0.25, 0.3) is 0 Å². The quantitative estimate of drug-likeness (QED) is 0.847. The summed E-state index contributed by atoms with van der Waals surface area (Å²) in [5, 5.41) is 14.2. The van der Waals surface area contributed by atoms with Crippen molar-refractivity contribution < 1.29 is 14.7 Å². The minimum absolute atomic E-state index is 0.0927. The number of carboxylic acids is 1. The van der Waals surface area contributed by atoms with E-state index in [-0.39, 0.29) is 11.8 Å². The van der Waals surface area contributed by atoms with Gasteiger partial charge in [-0.25, -0.2) is 0 Å². The van der Waals surface area contributed by atoms with Crippen LogP contribution < -0.4 is 5.32 Å². The zero-order chi connectivity index (χ0) is 14.5. The van der Waals surface area contributed by atoms with E-state index in [2.05, 4.69) is 12.2 Å². The third kappa shape index (κ3) is 3.60. The first-order valence-corrected chi connectivity index (χ1v) is 8.02. The maximum Gasteiger partial charge on any atom is 0.307 e. The van der Waals surface area contributed by atoms with E-state index < -0.39 is 11.9 Å². The van der Waals surface area contributed by atoms with Crippen LogP contribution in [0, 0.1) is 17.8 Å². The molecular weight excluding hydrogens is 274 g/mol. The van der Waals surface area contributed by atoms with Crippen molar-refractivity contribution in [3.05, 3.63) is 22.4 Å². The Bertz CT molecular complexity index is 458. The third-order valence-corrected chi connectivity index (χ3v) is 5.08. The van der Waals surface area contributed by atoms with Crippen LogP contribution in [-0.2, 0) is 16.0 Å². The van der Waals surface area contributed by atoms with Gasteiger partial charge in [0.1, 0.15) is 0 Å². The van der Waals surface area contributed by atoms with Gasteiger partial charge in [0.25, 0.3) is 0 Å². The van der Waals surface area contributed by atoms with Gasteiger partial charge in [0.15, 0.2) is 0 Å². The second kappa shape index (κ2) is 6.88. The molecule has 0 aliphatic heterocycles. The molecule has 1 aromatic rings. The summed E-state index contributed by atoms with van der Waals surface area (Å²) >= 11 is 1.67. The molecule has 1 fully saturated rings. The highest BCUT2D eigenvalue weighted by molar-refractivity contribution is 7.09. The van der Waals surface area contributed by atoms with Crippen molar-refractivity contribution in [3.8, 4) is 0 Å². The zero-order valence-corrected chi connectivity index (χ0v) is 12.5. The van der Waals surface area contributed by atoms with E-state index in [9.17, 15) is 14.7 Å². The number of hydrogen-bond acceptors (Lipinski definition) is 3. The molecule has 2 rings (SSSR count). The highest BCUT2D eigenvalue weighted by Gasteiger charge is 2.41. The number of carbonyl (C=O) groups excluding carboxylic acids is 1. The molecule has 5 heteroatoms. The SMILES string of the molecule is CCC1CC(C(=O)O)C(C(=O)NCCc2cccs2)C1. The topological polar surface area (TPSA) is 66.4 Å². The molecule has 1 aliphatic rings. The van der Waals surface area contributed by atoms with Crippen LogP contribution >= 0.6 is 11.3 Å². The fourth-order valence-electron chi connectivity index (χ4n) is 2.93. The normalized spacial score (nSPS) is 25.6. The second-order valence-electron chi connectivity index (χ2n) is 5.42. The molecule has 1 amide bonds. The summed E-state index contributed by atoms with van der Waals surface area (Å²) in [7, 11) is 0. The molecule has 4 nitrogen and oxygen atoms in total. The molecule has 20 heavy (non-hydrogen) atoms. The number of hydrogen-bond donors (Lipinski definition) is 2. The minimum Gasteiger partial charge on any atom is -0.481 e. The van der Waals surface area contributed by atoms with E-state index in [1.54, 1.807) is 11.3 Å². The fourth-order valence-corrected chi connectivity index (χ4v) is 3.64. The van der Waals surface area contributed by atoms with Crippen molar-refractivity contribution in [3.63, 3.8) is 0 Å². The highest BCUT2D eigenvalue weighted by atomic mass is 32.1. The lowest BCUT2D eigenvalue weighted by Crippen LogP contribution is -2.36. The van der Waals surface area contributed by atoms with Gasteiger partial charge in [-0.05, 0) is 36.6 Å². The lowest BCUT2D eigenvalue weighted by molar-refractivity contribution is -0.146. The molecule has 3 unspecified atom stereocenters. The molecule has 110 valence electrons. The van der Waals surface area contributed by atoms with Gasteiger partial charge in [0.05, 0.1) is 11.8 Å². The number of rotatable bonds is 6. The number of aliphatic carboxylic acids is 1. The summed E-state index contributed by atoms with van der Waals surface area (Å²) < 4.78 is 0. The molecule has 1 aliphatic carbocycles. The van der Waals surface area contributed by atoms with Gasteiger partial charge in [0.2, 0.25) is 5.91 Å². The summed E-state index contributed by atoms with van der Waals surface area (Å²) in [5.74, 6) is -1.43. The largest absolute Gasteiger partial charge is 0.481 e. The van der Waals surface area contributed by atoms with Crippen LogP contribution in [0.3, 0.4) is 0 Å². The van der Waals surface area contributed by atoms with Crippen molar-refractivity contribution in [2.24, 2.45) is 17.8 Å². The summed E-state index contributed by atoms with van der Waals surface area (Å²) in [6, 6.07) is 4.03. The number of carboxylic acid groups (broad SMARTS) is 1. The van der Waals surface area contributed by atoms with Crippen LogP contribution in [0.5, 0.6) is 0 Å². The van der Waals surface area contributed by atoms with Gasteiger partial charge < -0.3 is 10.4 Å². The molecule has 0 radical (unpaired) electrons. The van der Waals surface area contributed by atoms with Crippen LogP contribution in [0.2, 0.25) is 0 Å². The first-order chi connectivity index (χ1) is 9.61. The van der Waals surface area contributed by atoms with Gasteiger partial charge in [0, 0.05) is 11.4 Å². The van der Waals surface area contributed by atoms with Gasteiger partial charge >= 0.3 is 5.97 Å². The summed E-state index contributed by atoms with van der Waals surface area (Å²) in [6.07, 6.45) is 3.10. The fraction of sp³-hybridized carbons (Fsp3) is 0.600. The van der Waals surface area contributed by atoms with Crippen molar-refractivity contribution in [2.45, 2.75) is 32.6 Å². The molecule has 3 atom stereocenters. The molecule has 2 N–H and O–H groups in total. The van der Waals surface area contributed by atoms with Crippen molar-refractivity contribution in [1.82, 2.24) is 5.32 Å². The second-order valence-corrected chi connectivity index (χ2v) is 6.45. The van der Waals surface area contributed by atoms with E-state index in [1.165, 1.54) is 4.88 Å². The van der Waals surface area contributed by atoms with Crippen molar-refractivity contribution in [1.29, 1.82) is 0 Å². The van der Waals surface area contributed by atoms with Gasteiger partial charge in [-0.3, -0.25) is 9.59 Å². The first-order valence-electron chi connectivity index (χ1n) is 7.14. The van der Waals surface area contributed by atoms with Crippen LogP contribution in [0.1, 0.15) is 31.1 Å². The summed E-state index contributed by atoms with van der Waals surface area (Å²) in [6.45, 7) is 2.64. The maximum atomic E-state index is 12.2. The zero-order valence-electron chi connectivity index (χ0n) is 11.7. The van der Waals surface area contributed by atoms with Gasteiger partial charge in [-0.2, -0.15) is 0 Å². The first kappa shape index (κ1) is 15.0. The van der Waals surface area contributed by atoms with E-state index >= 15 is 0 Å². The van der Waals surface area contributed by atoms with Crippen molar-refractivity contribution >= 4 is 23.2 Å². The van der Waals surface area contributed by atoms with Crippen LogP contribution in [0.4, 0.5) is 0 Å². The molecule has 1 aromatic heterocycles. The standard InChI is InChI=1S/C15H21NO3S/c1-2-10-8-12(13(9-10)15(18)19)14(17)16-6-5-11-4-3-7-20-11/h3-4,7,10,12-13H,2,5-6,8-9H2,1H3,(H,16,17)(H,18,19). The molecule has 0 bridgehead atoms. The van der Waals surface area contributed by atoms with Crippen LogP contribution in [-0.4, -0.2) is 23.5 Å². The lowest BCUT2D eigenvalue weighted by atomic mass is 9.95. The number of nitrogens with one attached hydrogen (secondary N) is 1. The monoisotopic (exact) mass is 295 g/mol. The molecular formula is C15H21NO3S. The maximum absolute atomic E-state index is 12.2. The number of thiophene rings is 1. The molecule has 0 spiro atoms. The lowest BCUT2D eigenvalue weighted by Gasteiger charge is -2.15. The van der Waals surface area contributed by atoms with Gasteiger partial charge in [-0.1, -0.05) is 19.4 Å². The number of carbonyl (C=O) groups is 2. The minimum atomic E-state index is -0.834. The van der Waals surface area contributed by atoms with E-state index in [0.717, 1.165) is 12.8 Å². The summed E-state index contributed by atoms with van der Waals surface area (Å²) in [5.41, 5.74) is 0. The molecule has 0 saturated heterocycles. The Morgan fingerprint density at radius 3 is 2.75 bits per heavy atom. The van der Waals surface area contributed by atoms with E-state index in [4.69, 9.17) is 0 Å². The Labute approximate surface area is 123 Å². The molecule has 1 heterocycles. The summed E-state index contributed by atoms with van der Waals surface area (Å²) in [4.78, 5) is 24.7. The Morgan fingerprint density at radius 1 is 1.40 bits per heavy atom. The average Bonchev–Trinajstić information content (AvgIpc) is 3.07. The Morgan fingerprint density at radius 2 is 2.15 bits per heavy atom. The number of amides is 1. The highest BCUT2D eigenvalue weighted by Crippen LogP contribution is 2.38. The Balaban J connectivity index is 1.85. The average molecular weight is 295 g/mol. The Kier molecular flexibility index (Phi) is 5.17. The molecule has 1 saturated carbocycles. The smallest absolute Gasteiger partial charge is 0.307 e. The predicted octanol–water partition coefficient (Wildman–Crippen LogP) is 2.54.